The molecule has 8 heteroatoms. The summed E-state index contributed by atoms with van der Waals surface area (Å²) in [5.41, 5.74) is 0.601. The van der Waals surface area contributed by atoms with Crippen LogP contribution >= 0.6 is 11.6 Å². The van der Waals surface area contributed by atoms with Gasteiger partial charge in [-0.1, -0.05) is 30.7 Å². The van der Waals surface area contributed by atoms with Gasteiger partial charge in [0.15, 0.2) is 0 Å². The summed E-state index contributed by atoms with van der Waals surface area (Å²) in [5, 5.41) is 0.384. The van der Waals surface area contributed by atoms with E-state index in [4.69, 9.17) is 20.8 Å². The number of benzene rings is 2. The summed E-state index contributed by atoms with van der Waals surface area (Å²) >= 11 is 5.94. The molecule has 6 nitrogen and oxygen atoms in total. The van der Waals surface area contributed by atoms with Crippen LogP contribution in [0, 0.1) is 5.92 Å². The predicted molar refractivity (Wildman–Crippen MR) is 116 cm³/mol. The summed E-state index contributed by atoms with van der Waals surface area (Å²) in [6.45, 7) is 3.62. The Hall–Kier alpha value is -2.51. The Kier molecular flexibility index (Phi) is 5.75. The molecule has 30 heavy (non-hydrogen) atoms. The average Bonchev–Trinajstić information content (AvgIpc) is 3.21. The van der Waals surface area contributed by atoms with Crippen molar-refractivity contribution in [2.24, 2.45) is 5.92 Å². The van der Waals surface area contributed by atoms with Gasteiger partial charge in [0.2, 0.25) is 26.6 Å². The molecule has 1 aromatic heterocycles. The van der Waals surface area contributed by atoms with Gasteiger partial charge in [-0.15, -0.1) is 0 Å². The van der Waals surface area contributed by atoms with Gasteiger partial charge >= 0.3 is 0 Å². The van der Waals surface area contributed by atoms with Crippen molar-refractivity contribution in [1.82, 2.24) is 4.98 Å². The molecule has 158 valence electrons. The van der Waals surface area contributed by atoms with Gasteiger partial charge in [0.25, 0.3) is 0 Å². The van der Waals surface area contributed by atoms with E-state index in [1.54, 1.807) is 31.4 Å². The molecule has 1 saturated heterocycles. The van der Waals surface area contributed by atoms with E-state index in [0.29, 0.717) is 35.3 Å². The fourth-order valence-electron chi connectivity index (χ4n) is 3.55. The number of anilines is 1. The van der Waals surface area contributed by atoms with Gasteiger partial charge in [-0.2, -0.15) is 4.98 Å². The lowest BCUT2D eigenvalue weighted by Crippen LogP contribution is -2.33. The topological polar surface area (TPSA) is 72.6 Å². The lowest BCUT2D eigenvalue weighted by Gasteiger charge is -2.30. The van der Waals surface area contributed by atoms with Crippen molar-refractivity contribution in [2.45, 2.75) is 29.7 Å². The lowest BCUT2D eigenvalue weighted by atomic mass is 9.99. The molecule has 0 spiro atoms. The Morgan fingerprint density at radius 2 is 1.77 bits per heavy atom. The van der Waals surface area contributed by atoms with E-state index in [9.17, 15) is 8.42 Å². The number of rotatable bonds is 5. The Balaban J connectivity index is 1.85. The number of para-hydroxylation sites is 1. The highest BCUT2D eigenvalue weighted by molar-refractivity contribution is 7.91. The molecule has 0 aliphatic carbocycles. The summed E-state index contributed by atoms with van der Waals surface area (Å²) in [4.78, 5) is 6.53. The highest BCUT2D eigenvalue weighted by Crippen LogP contribution is 2.38. The molecule has 0 amide bonds. The smallest absolute Gasteiger partial charge is 0.236 e. The van der Waals surface area contributed by atoms with E-state index in [2.05, 4.69) is 11.9 Å². The van der Waals surface area contributed by atoms with E-state index in [-0.39, 0.29) is 21.7 Å². The summed E-state index contributed by atoms with van der Waals surface area (Å²) in [6, 6.07) is 13.3. The van der Waals surface area contributed by atoms with Gasteiger partial charge < -0.3 is 14.1 Å². The van der Waals surface area contributed by atoms with E-state index >= 15 is 0 Å². The number of sulfone groups is 1. The van der Waals surface area contributed by atoms with Crippen LogP contribution in [-0.4, -0.2) is 33.6 Å². The number of halogens is 1. The zero-order valence-electron chi connectivity index (χ0n) is 16.8. The molecule has 0 radical (unpaired) electrons. The molecular formula is C22H23ClN2O4S. The number of nitrogens with zero attached hydrogens (tertiary/aromatic N) is 2. The van der Waals surface area contributed by atoms with Crippen LogP contribution in [0.1, 0.15) is 19.8 Å². The quantitative estimate of drug-likeness (QED) is 0.544. The largest absolute Gasteiger partial charge is 0.496 e. The number of piperidine rings is 1. The second-order valence-corrected chi connectivity index (χ2v) is 9.76. The van der Waals surface area contributed by atoms with Gasteiger partial charge in [0, 0.05) is 18.1 Å². The van der Waals surface area contributed by atoms with Gasteiger partial charge in [0.05, 0.1) is 17.6 Å². The fourth-order valence-corrected chi connectivity index (χ4v) is 4.99. The predicted octanol–water partition coefficient (Wildman–Crippen LogP) is 5.07. The molecule has 2 aromatic carbocycles. The minimum atomic E-state index is -3.90. The van der Waals surface area contributed by atoms with Gasteiger partial charge in [0.1, 0.15) is 5.75 Å². The molecule has 0 atom stereocenters. The maximum Gasteiger partial charge on any atom is 0.236 e. The average molecular weight is 447 g/mol. The highest BCUT2D eigenvalue weighted by Gasteiger charge is 2.33. The first-order chi connectivity index (χ1) is 14.4. The van der Waals surface area contributed by atoms with Gasteiger partial charge in [-0.25, -0.2) is 8.42 Å². The molecular weight excluding hydrogens is 424 g/mol. The Bertz CT molecular complexity index is 1130. The fraction of sp³-hybridized carbons (Fsp3) is 0.318. The van der Waals surface area contributed by atoms with Crippen LogP contribution in [0.5, 0.6) is 5.75 Å². The van der Waals surface area contributed by atoms with Crippen LogP contribution in [-0.2, 0) is 9.84 Å². The van der Waals surface area contributed by atoms with E-state index in [0.717, 1.165) is 12.8 Å². The number of aromatic nitrogens is 1. The molecule has 1 fully saturated rings. The van der Waals surface area contributed by atoms with Crippen molar-refractivity contribution in [1.29, 1.82) is 0 Å². The second kappa shape index (κ2) is 8.32. The first-order valence-electron chi connectivity index (χ1n) is 9.80. The summed E-state index contributed by atoms with van der Waals surface area (Å²) < 4.78 is 38.4. The van der Waals surface area contributed by atoms with Crippen LogP contribution in [0.2, 0.25) is 5.02 Å². The van der Waals surface area contributed by atoms with Crippen molar-refractivity contribution < 1.29 is 17.6 Å². The molecule has 3 aromatic rings. The lowest BCUT2D eigenvalue weighted by molar-refractivity contribution is 0.409. The number of oxazole rings is 1. The normalized spacial score (nSPS) is 15.4. The van der Waals surface area contributed by atoms with Crippen LogP contribution in [0.25, 0.3) is 11.5 Å². The van der Waals surface area contributed by atoms with Gasteiger partial charge in [-0.3, -0.25) is 0 Å². The van der Waals surface area contributed by atoms with Crippen molar-refractivity contribution in [2.75, 3.05) is 25.1 Å². The van der Waals surface area contributed by atoms with Crippen molar-refractivity contribution in [3.05, 3.63) is 53.6 Å². The third-order valence-corrected chi connectivity index (χ3v) is 7.29. The first-order valence-corrected chi connectivity index (χ1v) is 11.7. The summed E-state index contributed by atoms with van der Waals surface area (Å²) in [5.74, 6) is 1.65. The molecule has 2 heterocycles. The third-order valence-electron chi connectivity index (χ3n) is 5.37. The van der Waals surface area contributed by atoms with Crippen LogP contribution in [0.3, 0.4) is 0 Å². The first kappa shape index (κ1) is 20.8. The van der Waals surface area contributed by atoms with Gasteiger partial charge in [-0.05, 0) is 55.2 Å². The minimum absolute atomic E-state index is 0.0831. The van der Waals surface area contributed by atoms with Crippen molar-refractivity contribution >= 4 is 27.3 Å². The van der Waals surface area contributed by atoms with Crippen LogP contribution in [0.4, 0.5) is 5.88 Å². The molecule has 0 N–H and O–H groups in total. The minimum Gasteiger partial charge on any atom is -0.496 e. The zero-order valence-corrected chi connectivity index (χ0v) is 18.4. The van der Waals surface area contributed by atoms with Crippen molar-refractivity contribution in [3.8, 4) is 17.2 Å². The Morgan fingerprint density at radius 3 is 2.43 bits per heavy atom. The molecule has 4 rings (SSSR count). The maximum atomic E-state index is 13.4. The Morgan fingerprint density at radius 1 is 1.10 bits per heavy atom. The monoisotopic (exact) mass is 446 g/mol. The second-order valence-electron chi connectivity index (χ2n) is 7.46. The maximum absolute atomic E-state index is 13.4. The highest BCUT2D eigenvalue weighted by atomic mass is 35.5. The molecule has 0 unspecified atom stereocenters. The SMILES string of the molecule is COc1ccccc1-c1nc(S(=O)(=O)c2ccc(Cl)cc2)c(N2CCC(C)CC2)o1. The van der Waals surface area contributed by atoms with Crippen LogP contribution in [0.15, 0.2) is 62.9 Å². The standard InChI is InChI=1S/C22H23ClN2O4S/c1-15-11-13-25(14-12-15)22-21(30(26,27)17-9-7-16(23)8-10-17)24-20(29-22)18-5-3-4-6-19(18)28-2/h3-10,15H,11-14H2,1-2H3. The van der Waals surface area contributed by atoms with E-state index < -0.39 is 9.84 Å². The number of hydrogen-bond acceptors (Lipinski definition) is 6. The summed E-state index contributed by atoms with van der Waals surface area (Å²) in [6.07, 6.45) is 1.93. The third kappa shape index (κ3) is 3.91. The molecule has 1 aliphatic heterocycles. The number of ether oxygens (including phenoxy) is 1. The molecule has 0 saturated carbocycles. The van der Waals surface area contributed by atoms with Crippen molar-refractivity contribution in [3.63, 3.8) is 0 Å². The Labute approximate surface area is 181 Å². The number of methoxy groups -OCH3 is 1. The van der Waals surface area contributed by atoms with E-state index in [1.165, 1.54) is 12.1 Å². The van der Waals surface area contributed by atoms with E-state index in [1.807, 2.05) is 17.0 Å². The number of hydrogen-bond donors (Lipinski definition) is 0. The molecule has 0 bridgehead atoms. The summed E-state index contributed by atoms with van der Waals surface area (Å²) in [7, 11) is -2.35. The zero-order chi connectivity index (χ0) is 21.3. The molecule has 1 aliphatic rings. The van der Waals surface area contributed by atoms with Crippen LogP contribution < -0.4 is 9.64 Å².